The highest BCUT2D eigenvalue weighted by Crippen LogP contribution is 2.26. The average Bonchev–Trinajstić information content (AvgIpc) is 2.58. The molecule has 1 atom stereocenters. The first kappa shape index (κ1) is 18.7. The zero-order chi connectivity index (χ0) is 19.3. The lowest BCUT2D eigenvalue weighted by atomic mass is 10.0. The molecule has 0 saturated heterocycles. The number of rotatable bonds is 6. The van der Waals surface area contributed by atoms with E-state index in [4.69, 9.17) is 5.73 Å². The maximum Gasteiger partial charge on any atom is 0.244 e. The van der Waals surface area contributed by atoms with Crippen LogP contribution < -0.4 is 11.1 Å². The number of hydrogen-bond donors (Lipinski definition) is 6. The van der Waals surface area contributed by atoms with E-state index in [0.717, 1.165) is 6.08 Å². The van der Waals surface area contributed by atoms with Crippen LogP contribution in [0, 0.1) is 0 Å². The van der Waals surface area contributed by atoms with Gasteiger partial charge in [0, 0.05) is 12.5 Å². The number of aromatic hydroxyl groups is 4. The molecule has 2 amide bonds. The van der Waals surface area contributed by atoms with Crippen LogP contribution in [0.1, 0.15) is 11.1 Å². The predicted molar refractivity (Wildman–Crippen MR) is 93.4 cm³/mol. The van der Waals surface area contributed by atoms with Crippen LogP contribution in [0.15, 0.2) is 42.5 Å². The Balaban J connectivity index is 2.05. The van der Waals surface area contributed by atoms with Crippen LogP contribution >= 0.6 is 0 Å². The van der Waals surface area contributed by atoms with Gasteiger partial charge in [0.05, 0.1) is 0 Å². The van der Waals surface area contributed by atoms with Crippen molar-refractivity contribution in [2.75, 3.05) is 0 Å². The Morgan fingerprint density at radius 3 is 2.15 bits per heavy atom. The van der Waals surface area contributed by atoms with Crippen LogP contribution in [0.3, 0.4) is 0 Å². The molecule has 8 nitrogen and oxygen atoms in total. The second kappa shape index (κ2) is 7.93. The summed E-state index contributed by atoms with van der Waals surface area (Å²) in [4.78, 5) is 23.5. The van der Waals surface area contributed by atoms with E-state index in [0.29, 0.717) is 11.1 Å². The van der Waals surface area contributed by atoms with Crippen LogP contribution in [0.2, 0.25) is 0 Å². The molecule has 2 aromatic rings. The summed E-state index contributed by atoms with van der Waals surface area (Å²) < 4.78 is 0. The number of carbonyl (C=O) groups is 2. The van der Waals surface area contributed by atoms with E-state index in [9.17, 15) is 30.0 Å². The summed E-state index contributed by atoms with van der Waals surface area (Å²) in [6.07, 6.45) is 2.57. The molecule has 7 N–H and O–H groups in total. The number of phenolic OH excluding ortho intramolecular Hbond substituents is 4. The molecule has 0 heterocycles. The molecule has 136 valence electrons. The van der Waals surface area contributed by atoms with Crippen molar-refractivity contribution in [3.63, 3.8) is 0 Å². The summed E-state index contributed by atoms with van der Waals surface area (Å²) in [5, 5.41) is 39.9. The van der Waals surface area contributed by atoms with Crippen LogP contribution in [-0.4, -0.2) is 38.3 Å². The second-order valence-electron chi connectivity index (χ2n) is 5.57. The lowest BCUT2D eigenvalue weighted by molar-refractivity contribution is -0.124. The molecule has 0 saturated carbocycles. The molecule has 0 aliphatic heterocycles. The molecule has 0 bridgehead atoms. The minimum absolute atomic E-state index is 0.0305. The molecule has 0 radical (unpaired) electrons. The fourth-order valence-corrected chi connectivity index (χ4v) is 2.19. The van der Waals surface area contributed by atoms with Crippen molar-refractivity contribution in [1.82, 2.24) is 5.32 Å². The van der Waals surface area contributed by atoms with Gasteiger partial charge < -0.3 is 31.5 Å². The lowest BCUT2D eigenvalue weighted by Crippen LogP contribution is -2.45. The SMILES string of the molecule is NC(=O)[C@H](Cc1ccc(O)c(O)c1)NC(=O)C=Cc1ccc(O)c(O)c1. The van der Waals surface area contributed by atoms with E-state index in [-0.39, 0.29) is 29.4 Å². The summed E-state index contributed by atoms with van der Waals surface area (Å²) in [6.45, 7) is 0. The zero-order valence-electron chi connectivity index (χ0n) is 13.6. The van der Waals surface area contributed by atoms with Gasteiger partial charge in [-0.25, -0.2) is 0 Å². The Labute approximate surface area is 148 Å². The largest absolute Gasteiger partial charge is 0.504 e. The maximum absolute atomic E-state index is 12.0. The smallest absolute Gasteiger partial charge is 0.244 e. The molecule has 0 aliphatic rings. The van der Waals surface area contributed by atoms with Crippen molar-refractivity contribution in [3.8, 4) is 23.0 Å². The number of hydrogen-bond acceptors (Lipinski definition) is 6. The Hall–Kier alpha value is -3.68. The van der Waals surface area contributed by atoms with Crippen LogP contribution in [0.4, 0.5) is 0 Å². The van der Waals surface area contributed by atoms with E-state index in [1.165, 1.54) is 42.5 Å². The standard InChI is InChI=1S/C18H18N2O6/c19-18(26)12(7-11-2-5-14(22)16(24)9-11)20-17(25)6-3-10-1-4-13(21)15(23)8-10/h1-6,8-9,12,21-24H,7H2,(H2,19,26)(H,20,25)/t12-/m0/s1. The summed E-state index contributed by atoms with van der Waals surface area (Å²) in [5.41, 5.74) is 6.26. The van der Waals surface area contributed by atoms with E-state index < -0.39 is 17.9 Å². The Morgan fingerprint density at radius 1 is 0.962 bits per heavy atom. The average molecular weight is 358 g/mol. The van der Waals surface area contributed by atoms with Gasteiger partial charge in [-0.1, -0.05) is 12.1 Å². The van der Waals surface area contributed by atoms with Crippen LogP contribution in [0.5, 0.6) is 23.0 Å². The van der Waals surface area contributed by atoms with Crippen LogP contribution in [0.25, 0.3) is 6.08 Å². The minimum atomic E-state index is -1.02. The number of carbonyl (C=O) groups excluding carboxylic acids is 2. The van der Waals surface area contributed by atoms with Gasteiger partial charge in [-0.05, 0) is 41.5 Å². The van der Waals surface area contributed by atoms with Crippen molar-refractivity contribution >= 4 is 17.9 Å². The van der Waals surface area contributed by atoms with Crippen molar-refractivity contribution in [2.24, 2.45) is 5.73 Å². The number of nitrogens with two attached hydrogens (primary N) is 1. The minimum Gasteiger partial charge on any atom is -0.504 e. The molecule has 0 aromatic heterocycles. The zero-order valence-corrected chi connectivity index (χ0v) is 13.6. The molecule has 0 fully saturated rings. The summed E-state index contributed by atoms with van der Waals surface area (Å²) >= 11 is 0. The van der Waals surface area contributed by atoms with E-state index >= 15 is 0 Å². The first-order chi connectivity index (χ1) is 12.3. The predicted octanol–water partition coefficient (Wildman–Crippen LogP) is 0.735. The fourth-order valence-electron chi connectivity index (χ4n) is 2.19. The number of primary amides is 1. The normalized spacial score (nSPS) is 12.0. The topological polar surface area (TPSA) is 153 Å². The molecule has 26 heavy (non-hydrogen) atoms. The summed E-state index contributed by atoms with van der Waals surface area (Å²) in [6, 6.07) is 7.04. The highest BCUT2D eigenvalue weighted by molar-refractivity contribution is 5.95. The van der Waals surface area contributed by atoms with Gasteiger partial charge in [0.15, 0.2) is 23.0 Å². The quantitative estimate of drug-likeness (QED) is 0.331. The van der Waals surface area contributed by atoms with Gasteiger partial charge in [0.25, 0.3) is 0 Å². The number of amides is 2. The van der Waals surface area contributed by atoms with E-state index in [2.05, 4.69) is 5.32 Å². The Morgan fingerprint density at radius 2 is 1.58 bits per heavy atom. The molecule has 0 spiro atoms. The van der Waals surface area contributed by atoms with Gasteiger partial charge in [-0.2, -0.15) is 0 Å². The molecule has 0 unspecified atom stereocenters. The van der Waals surface area contributed by atoms with Gasteiger partial charge >= 0.3 is 0 Å². The fraction of sp³-hybridized carbons (Fsp3) is 0.111. The monoisotopic (exact) mass is 358 g/mol. The third kappa shape index (κ3) is 4.91. The molecule has 8 heteroatoms. The molecular formula is C18H18N2O6. The maximum atomic E-state index is 12.0. The van der Waals surface area contributed by atoms with Crippen molar-refractivity contribution in [2.45, 2.75) is 12.5 Å². The van der Waals surface area contributed by atoms with Gasteiger partial charge in [-0.3, -0.25) is 9.59 Å². The second-order valence-corrected chi connectivity index (χ2v) is 5.57. The number of benzene rings is 2. The highest BCUT2D eigenvalue weighted by Gasteiger charge is 2.18. The molecule has 2 aromatic carbocycles. The summed E-state index contributed by atoms with van der Waals surface area (Å²) in [7, 11) is 0. The van der Waals surface area contributed by atoms with E-state index in [1.807, 2.05) is 0 Å². The molecular weight excluding hydrogens is 340 g/mol. The number of phenols is 4. The molecule has 2 rings (SSSR count). The van der Waals surface area contributed by atoms with Crippen molar-refractivity contribution in [3.05, 3.63) is 53.6 Å². The highest BCUT2D eigenvalue weighted by atomic mass is 16.3. The van der Waals surface area contributed by atoms with Gasteiger partial charge in [0.1, 0.15) is 6.04 Å². The first-order valence-corrected chi connectivity index (χ1v) is 7.57. The first-order valence-electron chi connectivity index (χ1n) is 7.57. The number of nitrogens with one attached hydrogen (secondary N) is 1. The van der Waals surface area contributed by atoms with Gasteiger partial charge in [-0.15, -0.1) is 0 Å². The third-order valence-electron chi connectivity index (χ3n) is 3.57. The van der Waals surface area contributed by atoms with Crippen molar-refractivity contribution < 1.29 is 30.0 Å². The van der Waals surface area contributed by atoms with Crippen LogP contribution in [-0.2, 0) is 16.0 Å². The molecule has 0 aliphatic carbocycles. The van der Waals surface area contributed by atoms with E-state index in [1.54, 1.807) is 0 Å². The van der Waals surface area contributed by atoms with Crippen molar-refractivity contribution in [1.29, 1.82) is 0 Å². The summed E-state index contributed by atoms with van der Waals surface area (Å²) in [5.74, 6) is -2.60. The van der Waals surface area contributed by atoms with Gasteiger partial charge in [0.2, 0.25) is 11.8 Å². The third-order valence-corrected chi connectivity index (χ3v) is 3.57. The Kier molecular flexibility index (Phi) is 5.69. The Bertz CT molecular complexity index is 863. The lowest BCUT2D eigenvalue weighted by Gasteiger charge is -2.14.